The molecule has 1 aliphatic heterocycles. The Bertz CT molecular complexity index is 681. The predicted molar refractivity (Wildman–Crippen MR) is 98.9 cm³/mol. The second kappa shape index (κ2) is 8.01. The number of aryl methyl sites for hydroxylation is 1. The maximum atomic E-state index is 12.4. The Morgan fingerprint density at radius 3 is 2.36 bits per heavy atom. The topological polar surface area (TPSA) is 57.1 Å². The van der Waals surface area contributed by atoms with Gasteiger partial charge in [0.1, 0.15) is 0 Å². The number of benzene rings is 1. The smallest absolute Gasteiger partial charge is 0.311 e. The number of aliphatic imine (C=N–C) groups is 1. The molecule has 0 amide bonds. The predicted octanol–water partition coefficient (Wildman–Crippen LogP) is 4.04. The summed E-state index contributed by atoms with van der Waals surface area (Å²) in [5, 5.41) is 0. The normalized spacial score (nSPS) is 18.2. The van der Waals surface area contributed by atoms with Gasteiger partial charge in [-0.3, -0.25) is 9.79 Å². The average molecular weight is 343 g/mol. The number of carbonyl (C=O) groups excluding carboxylic acids is 1. The molecule has 1 heterocycles. The zero-order chi connectivity index (χ0) is 18.4. The third-order valence-electron chi connectivity index (χ3n) is 4.01. The molecule has 1 aromatic rings. The summed E-state index contributed by atoms with van der Waals surface area (Å²) in [6, 6.07) is 3.61. The van der Waals surface area contributed by atoms with Gasteiger partial charge in [-0.15, -0.1) is 6.58 Å². The minimum atomic E-state index is -0.397. The maximum absolute atomic E-state index is 12.4. The summed E-state index contributed by atoms with van der Waals surface area (Å²) in [6.45, 7) is 7.84. The van der Waals surface area contributed by atoms with Crippen molar-refractivity contribution in [3.63, 3.8) is 0 Å². The van der Waals surface area contributed by atoms with Crippen LogP contribution >= 0.6 is 0 Å². The van der Waals surface area contributed by atoms with Gasteiger partial charge in [0.2, 0.25) is 5.75 Å². The quantitative estimate of drug-likeness (QED) is 0.406. The fourth-order valence-electron chi connectivity index (χ4n) is 2.92. The molecular weight excluding hydrogens is 318 g/mol. The summed E-state index contributed by atoms with van der Waals surface area (Å²) in [4.78, 5) is 16.9. The molecule has 0 aromatic heterocycles. The molecule has 0 radical (unpaired) electrons. The molecule has 0 N–H and O–H groups in total. The van der Waals surface area contributed by atoms with Crippen molar-refractivity contribution in [2.75, 3.05) is 14.2 Å². The van der Waals surface area contributed by atoms with E-state index in [1.54, 1.807) is 18.3 Å². The van der Waals surface area contributed by atoms with Crippen molar-refractivity contribution < 1.29 is 19.0 Å². The van der Waals surface area contributed by atoms with Crippen molar-refractivity contribution in [3.05, 3.63) is 42.0 Å². The highest BCUT2D eigenvalue weighted by Gasteiger charge is 2.29. The first-order chi connectivity index (χ1) is 11.9. The van der Waals surface area contributed by atoms with Crippen LogP contribution < -0.4 is 14.2 Å². The van der Waals surface area contributed by atoms with Crippen molar-refractivity contribution in [2.45, 2.75) is 38.6 Å². The molecule has 1 aliphatic rings. The number of hydrogen-bond donors (Lipinski definition) is 0. The first-order valence-corrected chi connectivity index (χ1v) is 8.20. The molecule has 0 fully saturated rings. The number of rotatable bonds is 8. The molecule has 0 saturated carbocycles. The number of methoxy groups -OCH3 is 2. The SMILES string of the molecule is C=C(C)CC1(CCC(=O)Oc2c(OC)cc(C)cc2OC)C=CC=N1. The Kier molecular flexibility index (Phi) is 6.02. The van der Waals surface area contributed by atoms with E-state index < -0.39 is 5.54 Å². The lowest BCUT2D eigenvalue weighted by molar-refractivity contribution is -0.134. The van der Waals surface area contributed by atoms with Gasteiger partial charge < -0.3 is 14.2 Å². The van der Waals surface area contributed by atoms with E-state index in [0.29, 0.717) is 30.1 Å². The maximum Gasteiger partial charge on any atom is 0.311 e. The highest BCUT2D eigenvalue weighted by Crippen LogP contribution is 2.39. The molecule has 0 bridgehead atoms. The largest absolute Gasteiger partial charge is 0.493 e. The molecule has 2 rings (SSSR count). The van der Waals surface area contributed by atoms with Crippen molar-refractivity contribution in [1.29, 1.82) is 0 Å². The van der Waals surface area contributed by atoms with E-state index in [-0.39, 0.29) is 12.4 Å². The second-order valence-corrected chi connectivity index (χ2v) is 6.35. The van der Waals surface area contributed by atoms with Crippen LogP contribution in [0.3, 0.4) is 0 Å². The molecule has 0 saturated heterocycles. The Balaban J connectivity index is 2.09. The Morgan fingerprint density at radius 1 is 1.24 bits per heavy atom. The van der Waals surface area contributed by atoms with Gasteiger partial charge in [-0.1, -0.05) is 11.6 Å². The molecule has 0 aliphatic carbocycles. The van der Waals surface area contributed by atoms with Crippen molar-refractivity contribution >= 4 is 12.2 Å². The van der Waals surface area contributed by atoms with E-state index >= 15 is 0 Å². The molecule has 134 valence electrons. The summed E-state index contributed by atoms with van der Waals surface area (Å²) < 4.78 is 16.2. The number of ether oxygens (including phenoxy) is 3. The van der Waals surface area contributed by atoms with Crippen LogP contribution in [0.15, 0.2) is 41.4 Å². The first-order valence-electron chi connectivity index (χ1n) is 8.20. The third kappa shape index (κ3) is 4.72. The van der Waals surface area contributed by atoms with E-state index in [0.717, 1.165) is 11.1 Å². The molecule has 25 heavy (non-hydrogen) atoms. The van der Waals surface area contributed by atoms with E-state index in [2.05, 4.69) is 11.6 Å². The zero-order valence-corrected chi connectivity index (χ0v) is 15.3. The highest BCUT2D eigenvalue weighted by molar-refractivity contribution is 5.77. The summed E-state index contributed by atoms with van der Waals surface area (Å²) in [7, 11) is 3.07. The number of hydrogen-bond acceptors (Lipinski definition) is 5. The average Bonchev–Trinajstić information content (AvgIpc) is 3.02. The molecule has 5 nitrogen and oxygen atoms in total. The standard InChI is InChI=1S/C20H25NO4/c1-14(2)13-20(8-6-10-21-20)9-7-18(22)25-19-16(23-4)11-15(3)12-17(19)24-5/h6,8,10-12H,1,7,9,13H2,2-5H3. The van der Waals surface area contributed by atoms with E-state index in [1.165, 1.54) is 14.2 Å². The van der Waals surface area contributed by atoms with Gasteiger partial charge in [-0.05, 0) is 50.5 Å². The van der Waals surface area contributed by atoms with Crippen LogP contribution in [0, 0.1) is 6.92 Å². The monoisotopic (exact) mass is 343 g/mol. The van der Waals surface area contributed by atoms with Crippen LogP contribution in [0.25, 0.3) is 0 Å². The molecule has 1 atom stereocenters. The van der Waals surface area contributed by atoms with E-state index in [4.69, 9.17) is 14.2 Å². The van der Waals surface area contributed by atoms with E-state index in [9.17, 15) is 4.79 Å². The van der Waals surface area contributed by atoms with Crippen LogP contribution in [0.4, 0.5) is 0 Å². The van der Waals surface area contributed by atoms with E-state index in [1.807, 2.05) is 26.0 Å². The highest BCUT2D eigenvalue weighted by atomic mass is 16.6. The van der Waals surface area contributed by atoms with Crippen LogP contribution in [-0.2, 0) is 4.79 Å². The Hall–Kier alpha value is -2.56. The number of carbonyl (C=O) groups is 1. The Morgan fingerprint density at radius 2 is 1.88 bits per heavy atom. The number of esters is 1. The lowest BCUT2D eigenvalue weighted by atomic mass is 9.88. The second-order valence-electron chi connectivity index (χ2n) is 6.35. The summed E-state index contributed by atoms with van der Waals surface area (Å²) in [5.74, 6) is 0.901. The third-order valence-corrected chi connectivity index (χ3v) is 4.01. The van der Waals surface area contributed by atoms with Gasteiger partial charge in [0.05, 0.1) is 19.8 Å². The van der Waals surface area contributed by atoms with Gasteiger partial charge in [0.15, 0.2) is 11.5 Å². The van der Waals surface area contributed by atoms with Crippen LogP contribution in [0.5, 0.6) is 17.2 Å². The van der Waals surface area contributed by atoms with Gasteiger partial charge >= 0.3 is 5.97 Å². The van der Waals surface area contributed by atoms with Gasteiger partial charge in [0, 0.05) is 12.6 Å². The minimum absolute atomic E-state index is 0.231. The van der Waals surface area contributed by atoms with Crippen molar-refractivity contribution in [2.24, 2.45) is 4.99 Å². The molecule has 0 spiro atoms. The van der Waals surface area contributed by atoms with Gasteiger partial charge in [0.25, 0.3) is 0 Å². The molecule has 5 heteroatoms. The van der Waals surface area contributed by atoms with Gasteiger partial charge in [-0.25, -0.2) is 0 Å². The molecule has 1 unspecified atom stereocenters. The van der Waals surface area contributed by atoms with Crippen molar-refractivity contribution in [3.8, 4) is 17.2 Å². The summed E-state index contributed by atoms with van der Waals surface area (Å²) >= 11 is 0. The minimum Gasteiger partial charge on any atom is -0.493 e. The fourth-order valence-corrected chi connectivity index (χ4v) is 2.92. The van der Waals surface area contributed by atoms with Crippen LogP contribution in [-0.4, -0.2) is 31.9 Å². The summed E-state index contributed by atoms with van der Waals surface area (Å²) in [6.07, 6.45) is 7.18. The number of allylic oxidation sites excluding steroid dienone is 1. The van der Waals surface area contributed by atoms with Crippen LogP contribution in [0.2, 0.25) is 0 Å². The first kappa shape index (κ1) is 18.8. The zero-order valence-electron chi connectivity index (χ0n) is 15.3. The lowest BCUT2D eigenvalue weighted by Gasteiger charge is -2.24. The fraction of sp³-hybridized carbons (Fsp3) is 0.400. The lowest BCUT2D eigenvalue weighted by Crippen LogP contribution is -2.24. The Labute approximate surface area is 149 Å². The summed E-state index contributed by atoms with van der Waals surface area (Å²) in [5.41, 5.74) is 1.59. The van der Waals surface area contributed by atoms with Gasteiger partial charge in [-0.2, -0.15) is 0 Å². The molecular formula is C20H25NO4. The number of nitrogens with zero attached hydrogens (tertiary/aromatic N) is 1. The van der Waals surface area contributed by atoms with Crippen molar-refractivity contribution in [1.82, 2.24) is 0 Å². The van der Waals surface area contributed by atoms with Crippen LogP contribution in [0.1, 0.15) is 31.7 Å². The molecule has 1 aromatic carbocycles.